The molecule has 0 radical (unpaired) electrons. The third-order valence-electron chi connectivity index (χ3n) is 2.03. The van der Waals surface area contributed by atoms with E-state index in [4.69, 9.17) is 9.15 Å². The number of hydrogen-bond acceptors (Lipinski definition) is 3. The molecule has 1 amide bonds. The van der Waals surface area contributed by atoms with Crippen LogP contribution in [0.1, 0.15) is 32.3 Å². The summed E-state index contributed by atoms with van der Waals surface area (Å²) in [4.78, 5) is 11.5. The zero-order valence-corrected chi connectivity index (χ0v) is 9.66. The lowest BCUT2D eigenvalue weighted by Crippen LogP contribution is -2.32. The minimum atomic E-state index is -0.479. The average Bonchev–Trinajstić information content (AvgIpc) is 2.42. The van der Waals surface area contributed by atoms with Crippen LogP contribution in [0.3, 0.4) is 0 Å². The number of carbonyl (C=O) groups excluding carboxylic acids is 1. The van der Waals surface area contributed by atoms with E-state index in [9.17, 15) is 4.79 Å². The van der Waals surface area contributed by atoms with E-state index in [0.717, 1.165) is 17.2 Å². The highest BCUT2D eigenvalue weighted by molar-refractivity contribution is 5.72. The third kappa shape index (κ3) is 2.66. The van der Waals surface area contributed by atoms with E-state index in [0.29, 0.717) is 6.42 Å². The number of amides is 1. The molecule has 1 aliphatic heterocycles. The highest BCUT2D eigenvalue weighted by Gasteiger charge is 2.19. The van der Waals surface area contributed by atoms with Crippen molar-refractivity contribution in [3.05, 3.63) is 29.4 Å². The Labute approximate surface area is 94.3 Å². The molecular weight excluding hydrogens is 206 g/mol. The van der Waals surface area contributed by atoms with Crippen LogP contribution in [0.15, 0.2) is 22.2 Å². The summed E-state index contributed by atoms with van der Waals surface area (Å²) in [5.74, 6) is 1.61. The average molecular weight is 221 g/mol. The van der Waals surface area contributed by atoms with E-state index in [1.807, 2.05) is 32.9 Å². The minimum Gasteiger partial charge on any atom is -0.461 e. The maximum absolute atomic E-state index is 11.5. The maximum Gasteiger partial charge on any atom is 0.411 e. The Kier molecular flexibility index (Phi) is 2.50. The summed E-state index contributed by atoms with van der Waals surface area (Å²) in [7, 11) is 0. The molecule has 2 heterocycles. The predicted octanol–water partition coefficient (Wildman–Crippen LogP) is 2.70. The first-order valence-corrected chi connectivity index (χ1v) is 5.22. The molecule has 0 saturated carbocycles. The van der Waals surface area contributed by atoms with Crippen molar-refractivity contribution in [2.75, 3.05) is 0 Å². The fourth-order valence-corrected chi connectivity index (χ4v) is 1.49. The molecular formula is C12H15NO3. The molecule has 1 N–H and O–H groups in total. The highest BCUT2D eigenvalue weighted by atomic mass is 16.6. The number of carbonyl (C=O) groups is 1. The summed E-state index contributed by atoms with van der Waals surface area (Å²) in [6, 6.07) is 3.77. The van der Waals surface area contributed by atoms with Gasteiger partial charge >= 0.3 is 6.09 Å². The van der Waals surface area contributed by atoms with Crippen LogP contribution in [0.2, 0.25) is 0 Å². The molecule has 0 aliphatic carbocycles. The van der Waals surface area contributed by atoms with Gasteiger partial charge in [-0.15, -0.1) is 0 Å². The molecule has 0 aromatic carbocycles. The van der Waals surface area contributed by atoms with Gasteiger partial charge in [0.15, 0.2) is 0 Å². The van der Waals surface area contributed by atoms with Crippen molar-refractivity contribution >= 4 is 12.2 Å². The largest absolute Gasteiger partial charge is 0.461 e. The van der Waals surface area contributed by atoms with Crippen molar-refractivity contribution in [2.45, 2.75) is 32.8 Å². The van der Waals surface area contributed by atoms with Crippen molar-refractivity contribution in [3.63, 3.8) is 0 Å². The van der Waals surface area contributed by atoms with Crippen molar-refractivity contribution in [1.29, 1.82) is 0 Å². The number of fused-ring (bicyclic) bond motifs is 2. The van der Waals surface area contributed by atoms with Gasteiger partial charge in [-0.1, -0.05) is 0 Å². The molecule has 1 aliphatic rings. The Morgan fingerprint density at radius 3 is 2.81 bits per heavy atom. The third-order valence-corrected chi connectivity index (χ3v) is 2.03. The number of ether oxygens (including phenoxy) is 1. The van der Waals surface area contributed by atoms with Gasteiger partial charge < -0.3 is 9.15 Å². The second-order valence-electron chi connectivity index (χ2n) is 4.78. The van der Waals surface area contributed by atoms with E-state index < -0.39 is 11.7 Å². The smallest absolute Gasteiger partial charge is 0.411 e. The number of allylic oxidation sites excluding steroid dienone is 1. The topological polar surface area (TPSA) is 51.5 Å². The van der Waals surface area contributed by atoms with E-state index in [1.54, 1.807) is 6.08 Å². The zero-order valence-electron chi connectivity index (χ0n) is 9.66. The zero-order chi connectivity index (χ0) is 11.8. The molecule has 2 bridgehead atoms. The lowest BCUT2D eigenvalue weighted by atomic mass is 10.2. The summed E-state index contributed by atoms with van der Waals surface area (Å²) < 4.78 is 10.5. The summed E-state index contributed by atoms with van der Waals surface area (Å²) >= 11 is 0. The molecule has 0 atom stereocenters. The van der Waals surface area contributed by atoms with Crippen LogP contribution < -0.4 is 5.32 Å². The SMILES string of the molecule is CC(C)(C)OC(=O)NC1=Cc2ccc(o2)C1. The number of furan rings is 1. The van der Waals surface area contributed by atoms with Gasteiger partial charge in [-0.25, -0.2) is 4.79 Å². The summed E-state index contributed by atoms with van der Waals surface area (Å²) in [6.45, 7) is 5.50. The van der Waals surface area contributed by atoms with Crippen LogP contribution in [0.4, 0.5) is 4.79 Å². The van der Waals surface area contributed by atoms with Crippen molar-refractivity contribution in [1.82, 2.24) is 5.32 Å². The molecule has 0 saturated heterocycles. The molecule has 4 nitrogen and oxygen atoms in total. The molecule has 1 aromatic rings. The number of hydrogen-bond donors (Lipinski definition) is 1. The van der Waals surface area contributed by atoms with Gasteiger partial charge in [0.05, 0.1) is 0 Å². The van der Waals surface area contributed by atoms with Crippen LogP contribution in [0.25, 0.3) is 6.08 Å². The van der Waals surface area contributed by atoms with Gasteiger partial charge in [0.2, 0.25) is 0 Å². The van der Waals surface area contributed by atoms with Gasteiger partial charge in [-0.3, -0.25) is 5.32 Å². The second kappa shape index (κ2) is 3.70. The normalized spacial score (nSPS) is 14.3. The van der Waals surface area contributed by atoms with Gasteiger partial charge in [0.1, 0.15) is 17.1 Å². The molecule has 4 heteroatoms. The minimum absolute atomic E-state index is 0.429. The quantitative estimate of drug-likeness (QED) is 0.793. The van der Waals surface area contributed by atoms with E-state index in [2.05, 4.69) is 5.32 Å². The van der Waals surface area contributed by atoms with Gasteiger partial charge in [0, 0.05) is 18.2 Å². The fraction of sp³-hybridized carbons (Fsp3) is 0.417. The van der Waals surface area contributed by atoms with Crippen molar-refractivity contribution in [3.8, 4) is 0 Å². The first kappa shape index (κ1) is 10.8. The Morgan fingerprint density at radius 2 is 2.19 bits per heavy atom. The maximum atomic E-state index is 11.5. The molecule has 0 spiro atoms. The first-order chi connectivity index (χ1) is 7.42. The molecule has 16 heavy (non-hydrogen) atoms. The Balaban J connectivity index is 1.96. The van der Waals surface area contributed by atoms with Crippen molar-refractivity contribution < 1.29 is 13.9 Å². The lowest BCUT2D eigenvalue weighted by Gasteiger charge is -2.20. The molecule has 2 rings (SSSR count). The standard InChI is InChI=1S/C12H15NO3/c1-12(2,3)16-11(14)13-8-6-9-4-5-10(7-8)15-9/h4-6H,7H2,1-3H3,(H,13,14). The molecule has 86 valence electrons. The molecule has 0 fully saturated rings. The van der Waals surface area contributed by atoms with Gasteiger partial charge in [0.25, 0.3) is 0 Å². The lowest BCUT2D eigenvalue weighted by molar-refractivity contribution is 0.0545. The highest BCUT2D eigenvalue weighted by Crippen LogP contribution is 2.20. The van der Waals surface area contributed by atoms with E-state index >= 15 is 0 Å². The summed E-state index contributed by atoms with van der Waals surface area (Å²) in [5, 5.41) is 2.71. The molecule has 0 unspecified atom stereocenters. The number of nitrogens with one attached hydrogen (secondary N) is 1. The Morgan fingerprint density at radius 1 is 1.44 bits per heavy atom. The van der Waals surface area contributed by atoms with Crippen LogP contribution >= 0.6 is 0 Å². The van der Waals surface area contributed by atoms with Crippen LogP contribution in [-0.2, 0) is 11.2 Å². The van der Waals surface area contributed by atoms with Gasteiger partial charge in [-0.05, 0) is 32.9 Å². The Hall–Kier alpha value is -1.71. The number of alkyl carbamates (subject to hydrolysis) is 1. The van der Waals surface area contributed by atoms with Crippen LogP contribution in [0.5, 0.6) is 0 Å². The van der Waals surface area contributed by atoms with Gasteiger partial charge in [-0.2, -0.15) is 0 Å². The second-order valence-corrected chi connectivity index (χ2v) is 4.78. The molecule has 1 aromatic heterocycles. The summed E-state index contributed by atoms with van der Waals surface area (Å²) in [6.07, 6.45) is 1.97. The van der Waals surface area contributed by atoms with E-state index in [1.165, 1.54) is 0 Å². The predicted molar refractivity (Wildman–Crippen MR) is 59.8 cm³/mol. The Bertz CT molecular complexity index is 437. The monoisotopic (exact) mass is 221 g/mol. The van der Waals surface area contributed by atoms with E-state index in [-0.39, 0.29) is 0 Å². The first-order valence-electron chi connectivity index (χ1n) is 5.22. The van der Waals surface area contributed by atoms with Crippen molar-refractivity contribution in [2.24, 2.45) is 0 Å². The summed E-state index contributed by atoms with van der Waals surface area (Å²) in [5.41, 5.74) is 0.323. The fourth-order valence-electron chi connectivity index (χ4n) is 1.49. The van der Waals surface area contributed by atoms with Crippen LogP contribution in [0, 0.1) is 0 Å². The number of rotatable bonds is 1. The van der Waals surface area contributed by atoms with Crippen LogP contribution in [-0.4, -0.2) is 11.7 Å².